The van der Waals surface area contributed by atoms with E-state index in [0.717, 1.165) is 17.3 Å². The molecule has 0 bridgehead atoms. The van der Waals surface area contributed by atoms with Crippen molar-refractivity contribution in [2.75, 3.05) is 30.5 Å². The van der Waals surface area contributed by atoms with Gasteiger partial charge >= 0.3 is 7.60 Å². The average molecular weight is 256 g/mol. The first-order valence-electron chi connectivity index (χ1n) is 4.81. The maximum absolute atomic E-state index is 12.3. The van der Waals surface area contributed by atoms with Gasteiger partial charge in [0.05, 0.1) is 13.2 Å². The molecule has 1 unspecified atom stereocenters. The minimum atomic E-state index is -2.85. The number of hydrogen-bond donors (Lipinski definition) is 0. The van der Waals surface area contributed by atoms with Crippen LogP contribution < -0.4 is 0 Å². The Kier molecular flexibility index (Phi) is 5.94. The van der Waals surface area contributed by atoms with Crippen LogP contribution in [0.15, 0.2) is 0 Å². The Bertz CT molecular complexity index is 197. The monoisotopic (exact) mass is 256 g/mol. The van der Waals surface area contributed by atoms with Gasteiger partial charge in [-0.05, 0) is 13.8 Å². The molecule has 1 rings (SSSR count). The molecule has 0 amide bonds. The van der Waals surface area contributed by atoms with Gasteiger partial charge < -0.3 is 9.05 Å². The largest absolute Gasteiger partial charge is 0.344 e. The lowest BCUT2D eigenvalue weighted by molar-refractivity contribution is 0.219. The quantitative estimate of drug-likeness (QED) is 0.706. The van der Waals surface area contributed by atoms with E-state index >= 15 is 0 Å². The van der Waals surface area contributed by atoms with E-state index in [4.69, 9.17) is 9.05 Å². The van der Waals surface area contributed by atoms with Crippen LogP contribution in [0.5, 0.6) is 0 Å². The molecule has 84 valence electrons. The minimum Gasteiger partial charge on any atom is -0.308 e. The van der Waals surface area contributed by atoms with Gasteiger partial charge in [-0.1, -0.05) is 0 Å². The van der Waals surface area contributed by atoms with Crippen LogP contribution in [0.1, 0.15) is 13.8 Å². The fourth-order valence-electron chi connectivity index (χ4n) is 1.22. The molecule has 14 heavy (non-hydrogen) atoms. The third-order valence-corrected chi connectivity index (χ3v) is 7.88. The lowest BCUT2D eigenvalue weighted by Crippen LogP contribution is -2.17. The molecule has 0 radical (unpaired) electrons. The Morgan fingerprint density at radius 2 is 1.93 bits per heavy atom. The summed E-state index contributed by atoms with van der Waals surface area (Å²) in [4.78, 5) is 0.0288. The van der Waals surface area contributed by atoms with Crippen LogP contribution >= 0.6 is 31.1 Å². The maximum atomic E-state index is 12.3. The first kappa shape index (κ1) is 12.9. The van der Waals surface area contributed by atoms with Gasteiger partial charge in [0.2, 0.25) is 0 Å². The first-order valence-corrected chi connectivity index (χ1v) is 8.62. The van der Waals surface area contributed by atoms with Crippen molar-refractivity contribution in [1.29, 1.82) is 0 Å². The highest BCUT2D eigenvalue weighted by atomic mass is 32.2. The average Bonchev–Trinajstić information content (AvgIpc) is 2.20. The number of hydrogen-bond acceptors (Lipinski definition) is 5. The summed E-state index contributed by atoms with van der Waals surface area (Å²) in [5.41, 5.74) is 0. The van der Waals surface area contributed by atoms with Gasteiger partial charge in [-0.2, -0.15) is 11.8 Å². The Morgan fingerprint density at radius 3 is 2.36 bits per heavy atom. The van der Waals surface area contributed by atoms with Crippen LogP contribution in [-0.4, -0.2) is 35.5 Å². The molecule has 1 heterocycles. The van der Waals surface area contributed by atoms with Crippen LogP contribution in [0.4, 0.5) is 0 Å². The molecule has 0 aromatic heterocycles. The third kappa shape index (κ3) is 3.46. The zero-order valence-corrected chi connectivity index (χ0v) is 11.1. The van der Waals surface area contributed by atoms with Gasteiger partial charge in [-0.3, -0.25) is 4.57 Å². The Balaban J connectivity index is 2.59. The summed E-state index contributed by atoms with van der Waals surface area (Å²) in [5, 5.41) is 0. The van der Waals surface area contributed by atoms with E-state index in [2.05, 4.69) is 0 Å². The summed E-state index contributed by atoms with van der Waals surface area (Å²) in [6, 6.07) is 0. The second-order valence-corrected chi connectivity index (χ2v) is 7.80. The first-order chi connectivity index (χ1) is 6.73. The Morgan fingerprint density at radius 1 is 1.29 bits per heavy atom. The van der Waals surface area contributed by atoms with Crippen molar-refractivity contribution in [1.82, 2.24) is 0 Å². The Hall–Kier alpha value is 0.850. The summed E-state index contributed by atoms with van der Waals surface area (Å²) in [5.74, 6) is 3.06. The van der Waals surface area contributed by atoms with Gasteiger partial charge in [-0.25, -0.2) is 0 Å². The number of thioether (sulfide) groups is 2. The zero-order valence-electron chi connectivity index (χ0n) is 8.60. The molecule has 1 saturated heterocycles. The second kappa shape index (κ2) is 6.44. The highest BCUT2D eigenvalue weighted by Crippen LogP contribution is 2.58. The predicted octanol–water partition coefficient (Wildman–Crippen LogP) is 3.06. The van der Waals surface area contributed by atoms with Crippen molar-refractivity contribution in [3.8, 4) is 0 Å². The maximum Gasteiger partial charge on any atom is 0.344 e. The van der Waals surface area contributed by atoms with Crippen LogP contribution in [0.3, 0.4) is 0 Å². The lowest BCUT2D eigenvalue weighted by atomic mass is 10.9. The molecule has 0 aromatic rings. The SMILES string of the molecule is CCOP(=O)(OCC)C1CSCCS1. The molecule has 1 fully saturated rings. The van der Waals surface area contributed by atoms with E-state index < -0.39 is 7.60 Å². The summed E-state index contributed by atoms with van der Waals surface area (Å²) in [6.45, 7) is 4.62. The van der Waals surface area contributed by atoms with Crippen molar-refractivity contribution in [2.24, 2.45) is 0 Å². The van der Waals surface area contributed by atoms with E-state index in [1.54, 1.807) is 11.8 Å². The summed E-state index contributed by atoms with van der Waals surface area (Å²) < 4.78 is 22.9. The molecule has 6 heteroatoms. The minimum absolute atomic E-state index is 0.0288. The van der Waals surface area contributed by atoms with Gasteiger partial charge in [0.15, 0.2) is 0 Å². The number of rotatable bonds is 5. The molecule has 0 N–H and O–H groups in total. The molecular weight excluding hydrogens is 239 g/mol. The third-order valence-electron chi connectivity index (χ3n) is 1.77. The fourth-order valence-corrected chi connectivity index (χ4v) is 6.98. The van der Waals surface area contributed by atoms with Crippen molar-refractivity contribution in [3.05, 3.63) is 0 Å². The zero-order chi connectivity index (χ0) is 10.4. The topological polar surface area (TPSA) is 35.5 Å². The van der Waals surface area contributed by atoms with Crippen LogP contribution in [0, 0.1) is 0 Å². The van der Waals surface area contributed by atoms with Crippen molar-refractivity contribution in [3.63, 3.8) is 0 Å². The molecule has 0 saturated carbocycles. The van der Waals surface area contributed by atoms with Crippen LogP contribution in [0.2, 0.25) is 0 Å². The second-order valence-electron chi connectivity index (χ2n) is 2.78. The van der Waals surface area contributed by atoms with Crippen LogP contribution in [-0.2, 0) is 13.6 Å². The summed E-state index contributed by atoms with van der Waals surface area (Å²) in [7, 11) is -2.85. The van der Waals surface area contributed by atoms with Crippen molar-refractivity contribution in [2.45, 2.75) is 18.8 Å². The van der Waals surface area contributed by atoms with Crippen molar-refractivity contribution < 1.29 is 13.6 Å². The highest BCUT2D eigenvalue weighted by molar-refractivity contribution is 8.10. The molecule has 0 spiro atoms. The molecule has 1 aliphatic rings. The van der Waals surface area contributed by atoms with Gasteiger partial charge in [0, 0.05) is 17.3 Å². The molecule has 0 aliphatic carbocycles. The Labute approximate surface area is 94.2 Å². The smallest absolute Gasteiger partial charge is 0.308 e. The summed E-state index contributed by atoms with van der Waals surface area (Å²) in [6.07, 6.45) is 0. The van der Waals surface area contributed by atoms with E-state index in [-0.39, 0.29) is 4.99 Å². The molecule has 3 nitrogen and oxygen atoms in total. The lowest BCUT2D eigenvalue weighted by Gasteiger charge is -2.28. The fraction of sp³-hybridized carbons (Fsp3) is 1.00. The van der Waals surface area contributed by atoms with E-state index in [9.17, 15) is 4.57 Å². The molecule has 1 atom stereocenters. The normalized spacial score (nSPS) is 23.7. The van der Waals surface area contributed by atoms with E-state index in [0.29, 0.717) is 13.2 Å². The van der Waals surface area contributed by atoms with E-state index in [1.807, 2.05) is 25.6 Å². The van der Waals surface area contributed by atoms with Crippen molar-refractivity contribution >= 4 is 31.1 Å². The standard InChI is InChI=1S/C8H17O3PS2/c1-3-10-12(9,11-4-2)8-7-13-5-6-14-8/h8H,3-7H2,1-2H3. The van der Waals surface area contributed by atoms with Gasteiger partial charge in [-0.15, -0.1) is 11.8 Å². The van der Waals surface area contributed by atoms with Gasteiger partial charge in [0.1, 0.15) is 4.99 Å². The van der Waals surface area contributed by atoms with E-state index in [1.165, 1.54) is 0 Å². The van der Waals surface area contributed by atoms with Crippen LogP contribution in [0.25, 0.3) is 0 Å². The highest BCUT2D eigenvalue weighted by Gasteiger charge is 2.37. The molecular formula is C8H17O3PS2. The summed E-state index contributed by atoms with van der Waals surface area (Å²) >= 11 is 3.54. The predicted molar refractivity (Wildman–Crippen MR) is 64.4 cm³/mol. The van der Waals surface area contributed by atoms with Gasteiger partial charge in [0.25, 0.3) is 0 Å². The molecule has 0 aromatic carbocycles. The molecule has 1 aliphatic heterocycles.